The molecule has 0 fully saturated rings. The molecule has 1 aromatic rings. The van der Waals surface area contributed by atoms with Crippen LogP contribution in [0, 0.1) is 16.7 Å². The van der Waals surface area contributed by atoms with Gasteiger partial charge in [0.2, 0.25) is 0 Å². The van der Waals surface area contributed by atoms with Crippen molar-refractivity contribution in [3.05, 3.63) is 29.8 Å². The zero-order chi connectivity index (χ0) is 16.5. The molecule has 0 aliphatic carbocycles. The molecule has 1 nitrogen and oxygen atoms in total. The highest BCUT2D eigenvalue weighted by Crippen LogP contribution is 2.50. The van der Waals surface area contributed by atoms with E-state index in [4.69, 9.17) is 0 Å². The Kier molecular flexibility index (Phi) is 5.18. The second kappa shape index (κ2) is 6.02. The highest BCUT2D eigenvalue weighted by Gasteiger charge is 2.41. The van der Waals surface area contributed by atoms with Crippen LogP contribution in [0.25, 0.3) is 0 Å². The quantitative estimate of drug-likeness (QED) is 0.665. The molecule has 0 unspecified atom stereocenters. The fourth-order valence-corrected chi connectivity index (χ4v) is 3.66. The zero-order valence-electron chi connectivity index (χ0n) is 15.2. The Labute approximate surface area is 131 Å². The van der Waals surface area contributed by atoms with Gasteiger partial charge in [0, 0.05) is 0 Å². The first-order chi connectivity index (χ1) is 9.37. The predicted molar refractivity (Wildman–Crippen MR) is 92.8 cm³/mol. The zero-order valence-corrected chi connectivity index (χ0v) is 15.2. The SMILES string of the molecule is CC(C)CC(C)(C)C(C)(C)CC(C)(C)c1ccc(O)cc1. The maximum atomic E-state index is 9.48. The first-order valence-corrected chi connectivity index (χ1v) is 8.17. The molecule has 0 bridgehead atoms. The number of aromatic hydroxyl groups is 1. The van der Waals surface area contributed by atoms with Crippen LogP contribution in [-0.4, -0.2) is 5.11 Å². The third kappa shape index (κ3) is 4.49. The topological polar surface area (TPSA) is 20.2 Å². The molecule has 0 aliphatic rings. The fraction of sp³-hybridized carbons (Fsp3) is 0.700. The van der Waals surface area contributed by atoms with Gasteiger partial charge in [-0.15, -0.1) is 0 Å². The molecule has 1 heteroatoms. The summed E-state index contributed by atoms with van der Waals surface area (Å²) >= 11 is 0. The lowest BCUT2D eigenvalue weighted by molar-refractivity contribution is 0.0529. The van der Waals surface area contributed by atoms with Gasteiger partial charge in [0.15, 0.2) is 0 Å². The third-order valence-corrected chi connectivity index (χ3v) is 5.28. The molecule has 0 amide bonds. The molecule has 0 aromatic heterocycles. The summed E-state index contributed by atoms with van der Waals surface area (Å²) in [5.41, 5.74) is 1.95. The van der Waals surface area contributed by atoms with Crippen molar-refractivity contribution in [1.82, 2.24) is 0 Å². The average Bonchev–Trinajstić information content (AvgIpc) is 2.25. The Morgan fingerprint density at radius 3 is 1.76 bits per heavy atom. The Hall–Kier alpha value is -0.980. The van der Waals surface area contributed by atoms with E-state index in [9.17, 15) is 5.11 Å². The maximum Gasteiger partial charge on any atom is 0.115 e. The van der Waals surface area contributed by atoms with Gasteiger partial charge < -0.3 is 5.11 Å². The van der Waals surface area contributed by atoms with Crippen LogP contribution in [0.4, 0.5) is 0 Å². The van der Waals surface area contributed by atoms with Crippen LogP contribution in [0.2, 0.25) is 0 Å². The number of phenols is 1. The molecule has 0 spiro atoms. The van der Waals surface area contributed by atoms with Crippen molar-refractivity contribution < 1.29 is 5.11 Å². The molecule has 0 saturated carbocycles. The minimum atomic E-state index is 0.103. The molecule has 0 aliphatic heterocycles. The summed E-state index contributed by atoms with van der Waals surface area (Å²) in [5.74, 6) is 1.06. The normalized spacial score (nSPS) is 13.8. The Balaban J connectivity index is 2.98. The monoisotopic (exact) mass is 290 g/mol. The van der Waals surface area contributed by atoms with Crippen molar-refractivity contribution in [2.75, 3.05) is 0 Å². The Bertz CT molecular complexity index is 449. The van der Waals surface area contributed by atoms with Gasteiger partial charge in [0.1, 0.15) is 5.75 Å². The molecule has 1 aromatic carbocycles. The highest BCUT2D eigenvalue weighted by molar-refractivity contribution is 5.31. The molecule has 0 radical (unpaired) electrons. The lowest BCUT2D eigenvalue weighted by atomic mass is 9.58. The Morgan fingerprint density at radius 1 is 0.857 bits per heavy atom. The van der Waals surface area contributed by atoms with Gasteiger partial charge in [0.25, 0.3) is 0 Å². The first kappa shape index (κ1) is 18.1. The fourth-order valence-electron chi connectivity index (χ4n) is 3.66. The summed E-state index contributed by atoms with van der Waals surface area (Å²) < 4.78 is 0. The molecule has 1 rings (SSSR count). The van der Waals surface area contributed by atoms with Crippen LogP contribution in [0.3, 0.4) is 0 Å². The summed E-state index contributed by atoms with van der Waals surface area (Å²) in [6.45, 7) is 18.8. The molecular formula is C20H34O. The van der Waals surface area contributed by atoms with Crippen LogP contribution in [0.5, 0.6) is 5.75 Å². The summed E-state index contributed by atoms with van der Waals surface area (Å²) in [6, 6.07) is 7.70. The molecular weight excluding hydrogens is 256 g/mol. The molecule has 120 valence electrons. The van der Waals surface area contributed by atoms with E-state index in [1.807, 2.05) is 0 Å². The van der Waals surface area contributed by atoms with Crippen molar-refractivity contribution in [2.24, 2.45) is 16.7 Å². The molecule has 0 saturated heterocycles. The molecule has 0 atom stereocenters. The van der Waals surface area contributed by atoms with Gasteiger partial charge >= 0.3 is 0 Å². The van der Waals surface area contributed by atoms with Crippen molar-refractivity contribution in [3.63, 3.8) is 0 Å². The third-order valence-electron chi connectivity index (χ3n) is 5.28. The van der Waals surface area contributed by atoms with E-state index in [1.54, 1.807) is 12.1 Å². The van der Waals surface area contributed by atoms with Gasteiger partial charge in [-0.1, -0.05) is 67.5 Å². The van der Waals surface area contributed by atoms with Crippen LogP contribution in [0.15, 0.2) is 24.3 Å². The number of hydrogen-bond acceptors (Lipinski definition) is 1. The van der Waals surface area contributed by atoms with Gasteiger partial charge in [-0.2, -0.15) is 0 Å². The standard InChI is InChI=1S/C20H34O/c1-15(2)13-19(5,6)20(7,8)14-18(3,4)16-9-11-17(21)12-10-16/h9-12,15,21H,13-14H2,1-8H3. The van der Waals surface area contributed by atoms with E-state index in [-0.39, 0.29) is 10.8 Å². The van der Waals surface area contributed by atoms with Crippen LogP contribution < -0.4 is 0 Å². The van der Waals surface area contributed by atoms with Crippen LogP contribution in [0.1, 0.15) is 73.8 Å². The summed E-state index contributed by atoms with van der Waals surface area (Å²) in [7, 11) is 0. The first-order valence-electron chi connectivity index (χ1n) is 8.17. The number of hydrogen-bond donors (Lipinski definition) is 1. The van der Waals surface area contributed by atoms with Crippen LogP contribution >= 0.6 is 0 Å². The summed E-state index contributed by atoms with van der Waals surface area (Å²) in [4.78, 5) is 0. The van der Waals surface area contributed by atoms with Crippen molar-refractivity contribution in [3.8, 4) is 5.75 Å². The van der Waals surface area contributed by atoms with E-state index in [0.29, 0.717) is 11.2 Å². The van der Waals surface area contributed by atoms with Gasteiger partial charge in [-0.25, -0.2) is 0 Å². The second-order valence-electron chi connectivity index (χ2n) is 8.97. The molecule has 0 heterocycles. The largest absolute Gasteiger partial charge is 0.508 e. The van der Waals surface area contributed by atoms with E-state index in [0.717, 1.165) is 12.3 Å². The van der Waals surface area contributed by atoms with E-state index < -0.39 is 0 Å². The van der Waals surface area contributed by atoms with Crippen molar-refractivity contribution >= 4 is 0 Å². The smallest absolute Gasteiger partial charge is 0.115 e. The van der Waals surface area contributed by atoms with E-state index in [2.05, 4.69) is 67.5 Å². The van der Waals surface area contributed by atoms with E-state index in [1.165, 1.54) is 12.0 Å². The predicted octanol–water partition coefficient (Wildman–Crippen LogP) is 6.16. The second-order valence-corrected chi connectivity index (χ2v) is 8.97. The number of benzene rings is 1. The average molecular weight is 290 g/mol. The van der Waals surface area contributed by atoms with Crippen molar-refractivity contribution in [2.45, 2.75) is 73.6 Å². The lowest BCUT2D eigenvalue weighted by Gasteiger charge is -2.47. The van der Waals surface area contributed by atoms with Crippen LogP contribution in [-0.2, 0) is 5.41 Å². The van der Waals surface area contributed by atoms with Gasteiger partial charge in [-0.05, 0) is 52.7 Å². The minimum Gasteiger partial charge on any atom is -0.508 e. The highest BCUT2D eigenvalue weighted by atomic mass is 16.3. The summed E-state index contributed by atoms with van der Waals surface area (Å²) in [6.07, 6.45) is 2.37. The van der Waals surface area contributed by atoms with Crippen molar-refractivity contribution in [1.29, 1.82) is 0 Å². The number of rotatable bonds is 6. The summed E-state index contributed by atoms with van der Waals surface area (Å²) in [5, 5.41) is 9.48. The minimum absolute atomic E-state index is 0.103. The Morgan fingerprint density at radius 2 is 1.33 bits per heavy atom. The molecule has 1 N–H and O–H groups in total. The van der Waals surface area contributed by atoms with E-state index >= 15 is 0 Å². The van der Waals surface area contributed by atoms with Gasteiger partial charge in [-0.3, -0.25) is 0 Å². The lowest BCUT2D eigenvalue weighted by Crippen LogP contribution is -2.39. The molecule has 21 heavy (non-hydrogen) atoms. The maximum absolute atomic E-state index is 9.48. The van der Waals surface area contributed by atoms with Gasteiger partial charge in [0.05, 0.1) is 0 Å². The number of phenolic OH excluding ortho intramolecular Hbond substituents is 1.